The van der Waals surface area contributed by atoms with Gasteiger partial charge in [0.25, 0.3) is 0 Å². The lowest BCUT2D eigenvalue weighted by Crippen LogP contribution is -2.45. The van der Waals surface area contributed by atoms with Crippen molar-refractivity contribution in [2.45, 2.75) is 63.5 Å². The maximum Gasteiger partial charge on any atom is 0.221 e. The van der Waals surface area contributed by atoms with E-state index in [1.54, 1.807) is 14.2 Å². The number of carbonyl (C=O) groups is 1. The number of guanidine groups is 1. The molecule has 7 heteroatoms. The lowest BCUT2D eigenvalue weighted by atomic mass is 10.0. The van der Waals surface area contributed by atoms with Crippen LogP contribution in [0.15, 0.2) is 29.3 Å². The van der Waals surface area contributed by atoms with Gasteiger partial charge in [-0.3, -0.25) is 14.7 Å². The van der Waals surface area contributed by atoms with Crippen molar-refractivity contribution in [2.75, 3.05) is 40.3 Å². The van der Waals surface area contributed by atoms with E-state index in [0.29, 0.717) is 19.0 Å². The first kappa shape index (κ1) is 23.4. The summed E-state index contributed by atoms with van der Waals surface area (Å²) in [6.45, 7) is 3.58. The predicted octanol–water partition coefficient (Wildman–Crippen LogP) is 2.84. The van der Waals surface area contributed by atoms with Gasteiger partial charge in [-0.15, -0.1) is 0 Å². The molecule has 1 saturated carbocycles. The Morgan fingerprint density at radius 1 is 1.10 bits per heavy atom. The molecule has 0 bridgehead atoms. The molecule has 1 aliphatic carbocycles. The second kappa shape index (κ2) is 12.5. The van der Waals surface area contributed by atoms with E-state index in [9.17, 15) is 4.79 Å². The third kappa shape index (κ3) is 7.42. The van der Waals surface area contributed by atoms with Crippen LogP contribution >= 0.6 is 0 Å². The molecule has 1 aromatic rings. The van der Waals surface area contributed by atoms with Crippen molar-refractivity contribution in [1.82, 2.24) is 20.9 Å². The van der Waals surface area contributed by atoms with Crippen LogP contribution in [0.25, 0.3) is 0 Å². The highest BCUT2D eigenvalue weighted by atomic mass is 16.5. The van der Waals surface area contributed by atoms with Crippen LogP contribution in [-0.4, -0.2) is 63.1 Å². The van der Waals surface area contributed by atoms with Crippen LogP contribution in [0.1, 0.15) is 63.0 Å². The summed E-state index contributed by atoms with van der Waals surface area (Å²) in [4.78, 5) is 19.1. The molecule has 1 unspecified atom stereocenters. The molecule has 172 valence electrons. The Hall–Kier alpha value is -2.28. The van der Waals surface area contributed by atoms with Gasteiger partial charge in [-0.1, -0.05) is 31.4 Å². The highest BCUT2D eigenvalue weighted by molar-refractivity contribution is 5.81. The number of amides is 1. The number of nitrogens with one attached hydrogen (secondary N) is 3. The summed E-state index contributed by atoms with van der Waals surface area (Å²) >= 11 is 0. The first-order chi connectivity index (χ1) is 15.2. The number of piperidine rings is 1. The summed E-state index contributed by atoms with van der Waals surface area (Å²) in [6, 6.07) is 9.02. The monoisotopic (exact) mass is 429 g/mol. The molecule has 0 aromatic heterocycles. The standard InChI is InChI=1S/C24H39N5O2/c1-25-24(26-15-14-23(30)28-20-8-4-5-9-20)27-18-22(29-16-6-3-7-17-29)19-10-12-21(31-2)13-11-19/h10-13,20,22H,3-9,14-18H2,1-2H3,(H,28,30)(H2,25,26,27). The number of carbonyl (C=O) groups excluding carboxylic acids is 1. The van der Waals surface area contributed by atoms with Crippen LogP contribution in [0.5, 0.6) is 5.75 Å². The number of hydrogen-bond donors (Lipinski definition) is 3. The maximum atomic E-state index is 12.2. The Kier molecular flexibility index (Phi) is 9.46. The molecular formula is C24H39N5O2. The van der Waals surface area contributed by atoms with Gasteiger partial charge >= 0.3 is 0 Å². The molecule has 2 fully saturated rings. The molecule has 1 heterocycles. The third-order valence-electron chi connectivity index (χ3n) is 6.38. The summed E-state index contributed by atoms with van der Waals surface area (Å²) in [5.74, 6) is 1.74. The van der Waals surface area contributed by atoms with Gasteiger partial charge in [0, 0.05) is 32.6 Å². The topological polar surface area (TPSA) is 78.0 Å². The summed E-state index contributed by atoms with van der Waals surface area (Å²) in [5.41, 5.74) is 1.28. The maximum absolute atomic E-state index is 12.2. The molecule has 3 N–H and O–H groups in total. The van der Waals surface area contributed by atoms with E-state index >= 15 is 0 Å². The Labute approximate surface area is 187 Å². The fraction of sp³-hybridized carbons (Fsp3) is 0.667. The van der Waals surface area contributed by atoms with Crippen molar-refractivity contribution >= 4 is 11.9 Å². The van der Waals surface area contributed by atoms with Gasteiger partial charge in [-0.25, -0.2) is 0 Å². The molecule has 1 saturated heterocycles. The molecule has 1 aromatic carbocycles. The van der Waals surface area contributed by atoms with E-state index in [2.05, 4.69) is 38.0 Å². The lowest BCUT2D eigenvalue weighted by molar-refractivity contribution is -0.121. The van der Waals surface area contributed by atoms with Gasteiger partial charge in [0.1, 0.15) is 5.75 Å². The van der Waals surface area contributed by atoms with Crippen molar-refractivity contribution < 1.29 is 9.53 Å². The predicted molar refractivity (Wildman–Crippen MR) is 126 cm³/mol. The number of aliphatic imine (C=N–C) groups is 1. The lowest BCUT2D eigenvalue weighted by Gasteiger charge is -2.35. The molecule has 2 aliphatic rings. The van der Waals surface area contributed by atoms with E-state index in [0.717, 1.165) is 44.2 Å². The largest absolute Gasteiger partial charge is 0.497 e. The molecule has 1 amide bonds. The number of methoxy groups -OCH3 is 1. The second-order valence-corrected chi connectivity index (χ2v) is 8.56. The third-order valence-corrected chi connectivity index (χ3v) is 6.38. The number of ether oxygens (including phenoxy) is 1. The zero-order valence-electron chi connectivity index (χ0n) is 19.2. The highest BCUT2D eigenvalue weighted by Crippen LogP contribution is 2.25. The van der Waals surface area contributed by atoms with Crippen LogP contribution in [0.4, 0.5) is 0 Å². The molecular weight excluding hydrogens is 390 g/mol. The number of likely N-dealkylation sites (tertiary alicyclic amines) is 1. The van der Waals surface area contributed by atoms with Crippen LogP contribution in [-0.2, 0) is 4.79 Å². The zero-order valence-corrected chi connectivity index (χ0v) is 19.2. The zero-order chi connectivity index (χ0) is 21.9. The Morgan fingerprint density at radius 2 is 1.81 bits per heavy atom. The number of hydrogen-bond acceptors (Lipinski definition) is 4. The van der Waals surface area contributed by atoms with Crippen molar-refractivity contribution in [3.8, 4) is 5.75 Å². The number of nitrogens with zero attached hydrogens (tertiary/aromatic N) is 2. The average Bonchev–Trinajstić information content (AvgIpc) is 3.32. The average molecular weight is 430 g/mol. The van der Waals surface area contributed by atoms with E-state index < -0.39 is 0 Å². The molecule has 3 rings (SSSR count). The molecule has 1 atom stereocenters. The van der Waals surface area contributed by atoms with Crippen molar-refractivity contribution in [1.29, 1.82) is 0 Å². The fourth-order valence-corrected chi connectivity index (χ4v) is 4.59. The first-order valence-corrected chi connectivity index (χ1v) is 11.8. The molecule has 0 spiro atoms. The Balaban J connectivity index is 1.50. The van der Waals surface area contributed by atoms with Gasteiger partial charge in [-0.2, -0.15) is 0 Å². The SMILES string of the molecule is CN=C(NCCC(=O)NC1CCCC1)NCC(c1ccc(OC)cc1)N1CCCCC1. The number of benzene rings is 1. The minimum Gasteiger partial charge on any atom is -0.497 e. The summed E-state index contributed by atoms with van der Waals surface area (Å²) in [6.07, 6.45) is 8.96. The minimum absolute atomic E-state index is 0.124. The van der Waals surface area contributed by atoms with E-state index in [1.807, 2.05) is 12.1 Å². The van der Waals surface area contributed by atoms with Gasteiger partial charge in [0.2, 0.25) is 5.91 Å². The van der Waals surface area contributed by atoms with Crippen LogP contribution in [0, 0.1) is 0 Å². The summed E-state index contributed by atoms with van der Waals surface area (Å²) in [7, 11) is 3.47. The van der Waals surface area contributed by atoms with Crippen molar-refractivity contribution in [2.24, 2.45) is 4.99 Å². The van der Waals surface area contributed by atoms with Crippen LogP contribution < -0.4 is 20.7 Å². The number of rotatable bonds is 9. The molecule has 7 nitrogen and oxygen atoms in total. The van der Waals surface area contributed by atoms with E-state index in [-0.39, 0.29) is 11.9 Å². The fourth-order valence-electron chi connectivity index (χ4n) is 4.59. The Morgan fingerprint density at radius 3 is 2.45 bits per heavy atom. The van der Waals surface area contributed by atoms with Gasteiger partial charge in [0.15, 0.2) is 5.96 Å². The quantitative estimate of drug-likeness (QED) is 0.416. The van der Waals surface area contributed by atoms with E-state index in [4.69, 9.17) is 4.74 Å². The van der Waals surface area contributed by atoms with Gasteiger partial charge in [-0.05, 0) is 56.5 Å². The smallest absolute Gasteiger partial charge is 0.221 e. The highest BCUT2D eigenvalue weighted by Gasteiger charge is 2.23. The molecule has 0 radical (unpaired) electrons. The van der Waals surface area contributed by atoms with Crippen molar-refractivity contribution in [3.63, 3.8) is 0 Å². The normalized spacial score (nSPS) is 19.1. The minimum atomic E-state index is 0.124. The van der Waals surface area contributed by atoms with Crippen LogP contribution in [0.3, 0.4) is 0 Å². The second-order valence-electron chi connectivity index (χ2n) is 8.56. The summed E-state index contributed by atoms with van der Waals surface area (Å²) in [5, 5.41) is 9.91. The molecule has 1 aliphatic heterocycles. The van der Waals surface area contributed by atoms with Crippen molar-refractivity contribution in [3.05, 3.63) is 29.8 Å². The Bertz CT molecular complexity index is 694. The first-order valence-electron chi connectivity index (χ1n) is 11.8. The van der Waals surface area contributed by atoms with E-state index in [1.165, 1.54) is 37.7 Å². The van der Waals surface area contributed by atoms with Gasteiger partial charge in [0.05, 0.1) is 13.2 Å². The summed E-state index contributed by atoms with van der Waals surface area (Å²) < 4.78 is 5.32. The molecule has 31 heavy (non-hydrogen) atoms. The van der Waals surface area contributed by atoms with Crippen LogP contribution in [0.2, 0.25) is 0 Å². The van der Waals surface area contributed by atoms with Gasteiger partial charge < -0.3 is 20.7 Å².